The number of hydrogen-bond donors (Lipinski definition) is 2. The third-order valence-electron chi connectivity index (χ3n) is 2.81. The van der Waals surface area contributed by atoms with Gasteiger partial charge >= 0.3 is 0 Å². The van der Waals surface area contributed by atoms with Gasteiger partial charge < -0.3 is 14.7 Å². The number of aromatic nitrogens is 3. The maximum Gasteiger partial charge on any atom is 0.137 e. The monoisotopic (exact) mass is 227 g/mol. The summed E-state index contributed by atoms with van der Waals surface area (Å²) in [5.74, 6) is 0.880. The minimum absolute atomic E-state index is 0.589. The predicted octanol–water partition coefficient (Wildman–Crippen LogP) is 2.70. The second-order valence-corrected chi connectivity index (χ2v) is 3.95. The van der Waals surface area contributed by atoms with Gasteiger partial charge in [0.15, 0.2) is 0 Å². The molecule has 2 aromatic heterocycles. The minimum atomic E-state index is 0.589. The number of aromatic amines is 2. The average molecular weight is 227 g/mol. The summed E-state index contributed by atoms with van der Waals surface area (Å²) in [6.07, 6.45) is 5.52. The summed E-state index contributed by atoms with van der Waals surface area (Å²) in [7, 11) is 1.70. The minimum Gasteiger partial charge on any atom is -0.380 e. The maximum atomic E-state index is 5.23. The summed E-state index contributed by atoms with van der Waals surface area (Å²) in [5.41, 5.74) is 3.35. The summed E-state index contributed by atoms with van der Waals surface area (Å²) in [5, 5.41) is 1.17. The molecule has 0 unspecified atom stereocenters. The molecule has 2 heterocycles. The topological polar surface area (TPSA) is 53.7 Å². The molecule has 86 valence electrons. The van der Waals surface area contributed by atoms with Crippen LogP contribution in [0, 0.1) is 0 Å². The van der Waals surface area contributed by atoms with Crippen molar-refractivity contribution in [3.05, 3.63) is 42.4 Å². The maximum absolute atomic E-state index is 5.23. The second-order valence-electron chi connectivity index (χ2n) is 3.95. The van der Waals surface area contributed by atoms with Crippen molar-refractivity contribution >= 4 is 10.9 Å². The predicted molar refractivity (Wildman–Crippen MR) is 66.6 cm³/mol. The van der Waals surface area contributed by atoms with Gasteiger partial charge in [0.1, 0.15) is 5.82 Å². The number of hydrogen-bond acceptors (Lipinski definition) is 2. The van der Waals surface area contributed by atoms with Gasteiger partial charge in [-0.05, 0) is 18.2 Å². The Morgan fingerprint density at radius 3 is 2.94 bits per heavy atom. The van der Waals surface area contributed by atoms with E-state index in [2.05, 4.69) is 33.2 Å². The van der Waals surface area contributed by atoms with Gasteiger partial charge in [-0.3, -0.25) is 0 Å². The van der Waals surface area contributed by atoms with Gasteiger partial charge in [0.05, 0.1) is 12.1 Å². The van der Waals surface area contributed by atoms with Crippen LogP contribution in [0.5, 0.6) is 0 Å². The Morgan fingerprint density at radius 2 is 2.18 bits per heavy atom. The number of methoxy groups -OCH3 is 1. The molecule has 0 aliphatic rings. The largest absolute Gasteiger partial charge is 0.380 e. The molecule has 0 aliphatic carbocycles. The van der Waals surface area contributed by atoms with Crippen molar-refractivity contribution in [3.8, 4) is 11.4 Å². The van der Waals surface area contributed by atoms with E-state index in [1.54, 1.807) is 13.3 Å². The van der Waals surface area contributed by atoms with Crippen LogP contribution in [0.15, 0.2) is 36.8 Å². The fourth-order valence-corrected chi connectivity index (χ4v) is 2.08. The molecule has 0 atom stereocenters. The van der Waals surface area contributed by atoms with E-state index in [0.717, 1.165) is 22.5 Å². The van der Waals surface area contributed by atoms with Gasteiger partial charge in [-0.2, -0.15) is 0 Å². The molecule has 0 radical (unpaired) electrons. The van der Waals surface area contributed by atoms with Crippen LogP contribution >= 0.6 is 0 Å². The number of nitrogens with zero attached hydrogens (tertiary/aromatic N) is 1. The summed E-state index contributed by atoms with van der Waals surface area (Å²) in [6.45, 7) is 0.589. The van der Waals surface area contributed by atoms with Crippen molar-refractivity contribution in [2.45, 2.75) is 6.61 Å². The Kier molecular flexibility index (Phi) is 2.42. The molecule has 0 fully saturated rings. The van der Waals surface area contributed by atoms with Gasteiger partial charge in [-0.1, -0.05) is 0 Å². The van der Waals surface area contributed by atoms with Crippen molar-refractivity contribution in [2.75, 3.05) is 7.11 Å². The highest BCUT2D eigenvalue weighted by molar-refractivity contribution is 5.87. The molecule has 0 saturated heterocycles. The highest BCUT2D eigenvalue weighted by Gasteiger charge is 2.07. The number of imidazole rings is 1. The fraction of sp³-hybridized carbons (Fsp3) is 0.154. The zero-order valence-electron chi connectivity index (χ0n) is 9.53. The quantitative estimate of drug-likeness (QED) is 0.722. The lowest BCUT2D eigenvalue weighted by atomic mass is 10.1. The molecule has 0 saturated carbocycles. The first-order valence-electron chi connectivity index (χ1n) is 5.47. The third-order valence-corrected chi connectivity index (χ3v) is 2.81. The molecule has 0 bridgehead atoms. The Morgan fingerprint density at radius 1 is 1.24 bits per heavy atom. The van der Waals surface area contributed by atoms with Gasteiger partial charge in [-0.25, -0.2) is 4.98 Å². The van der Waals surface area contributed by atoms with Crippen LogP contribution < -0.4 is 0 Å². The molecule has 4 nitrogen and oxygen atoms in total. The number of ether oxygens (including phenoxy) is 1. The zero-order valence-corrected chi connectivity index (χ0v) is 9.53. The van der Waals surface area contributed by atoms with E-state index in [0.29, 0.717) is 6.61 Å². The van der Waals surface area contributed by atoms with Crippen molar-refractivity contribution in [3.63, 3.8) is 0 Å². The Balaban J connectivity index is 2.20. The average Bonchev–Trinajstić information content (AvgIpc) is 3.00. The standard InChI is InChI=1S/C13H13N3O/c1-17-8-11-7-10(13-15-4-5-16-13)6-9-2-3-14-12(9)11/h2-7,14H,8H2,1H3,(H,15,16). The van der Waals surface area contributed by atoms with Gasteiger partial charge in [0.2, 0.25) is 0 Å². The molecule has 0 aliphatic heterocycles. The molecule has 2 N–H and O–H groups in total. The van der Waals surface area contributed by atoms with Crippen LogP contribution in [0.2, 0.25) is 0 Å². The highest BCUT2D eigenvalue weighted by atomic mass is 16.5. The van der Waals surface area contributed by atoms with E-state index < -0.39 is 0 Å². The van der Waals surface area contributed by atoms with Crippen LogP contribution in [0.4, 0.5) is 0 Å². The SMILES string of the molecule is COCc1cc(-c2ncc[nH]2)cc2cc[nH]c12. The first kappa shape index (κ1) is 10.1. The first-order valence-corrected chi connectivity index (χ1v) is 5.47. The lowest BCUT2D eigenvalue weighted by molar-refractivity contribution is 0.186. The molecule has 0 spiro atoms. The van der Waals surface area contributed by atoms with Gasteiger partial charge in [-0.15, -0.1) is 0 Å². The van der Waals surface area contributed by atoms with E-state index in [-0.39, 0.29) is 0 Å². The summed E-state index contributed by atoms with van der Waals surface area (Å²) in [4.78, 5) is 10.6. The number of H-pyrrole nitrogens is 2. The molecular formula is C13H13N3O. The van der Waals surface area contributed by atoms with E-state index in [9.17, 15) is 0 Å². The molecule has 3 rings (SSSR count). The Bertz CT molecular complexity index is 625. The molecular weight excluding hydrogens is 214 g/mol. The van der Waals surface area contributed by atoms with Crippen LogP contribution in [0.25, 0.3) is 22.3 Å². The van der Waals surface area contributed by atoms with Crippen LogP contribution in [-0.4, -0.2) is 22.1 Å². The summed E-state index contributed by atoms with van der Waals surface area (Å²) < 4.78 is 5.23. The molecule has 0 amide bonds. The smallest absolute Gasteiger partial charge is 0.137 e. The third kappa shape index (κ3) is 1.72. The second kappa shape index (κ2) is 4.07. The van der Waals surface area contributed by atoms with E-state index >= 15 is 0 Å². The Hall–Kier alpha value is -2.07. The van der Waals surface area contributed by atoms with Crippen molar-refractivity contribution in [1.82, 2.24) is 15.0 Å². The Labute approximate surface area is 98.7 Å². The molecule has 1 aromatic carbocycles. The highest BCUT2D eigenvalue weighted by Crippen LogP contribution is 2.25. The van der Waals surface area contributed by atoms with Crippen molar-refractivity contribution in [2.24, 2.45) is 0 Å². The number of rotatable bonds is 3. The van der Waals surface area contributed by atoms with Crippen LogP contribution in [0.3, 0.4) is 0 Å². The molecule has 3 aromatic rings. The van der Waals surface area contributed by atoms with Gasteiger partial charge in [0, 0.05) is 42.2 Å². The van der Waals surface area contributed by atoms with Crippen molar-refractivity contribution < 1.29 is 4.74 Å². The zero-order chi connectivity index (χ0) is 11.7. The summed E-state index contributed by atoms with van der Waals surface area (Å²) in [6, 6.07) is 6.27. The van der Waals surface area contributed by atoms with Crippen LogP contribution in [-0.2, 0) is 11.3 Å². The van der Waals surface area contributed by atoms with Crippen LogP contribution in [0.1, 0.15) is 5.56 Å². The summed E-state index contributed by atoms with van der Waals surface area (Å²) >= 11 is 0. The van der Waals surface area contributed by atoms with E-state index in [1.165, 1.54) is 5.39 Å². The number of fused-ring (bicyclic) bond motifs is 1. The van der Waals surface area contributed by atoms with E-state index in [1.807, 2.05) is 12.4 Å². The van der Waals surface area contributed by atoms with Gasteiger partial charge in [0.25, 0.3) is 0 Å². The van der Waals surface area contributed by atoms with Crippen molar-refractivity contribution in [1.29, 1.82) is 0 Å². The van der Waals surface area contributed by atoms with E-state index in [4.69, 9.17) is 4.74 Å². The number of benzene rings is 1. The normalized spacial score (nSPS) is 11.1. The lowest BCUT2D eigenvalue weighted by Crippen LogP contribution is -1.91. The lowest BCUT2D eigenvalue weighted by Gasteiger charge is -2.05. The first-order chi connectivity index (χ1) is 8.38. The molecule has 4 heteroatoms. The molecule has 17 heavy (non-hydrogen) atoms. The fourth-order valence-electron chi connectivity index (χ4n) is 2.08. The number of nitrogens with one attached hydrogen (secondary N) is 2.